The fourth-order valence-corrected chi connectivity index (χ4v) is 2.74. The summed E-state index contributed by atoms with van der Waals surface area (Å²) in [6, 6.07) is 13.7. The molecule has 6 heteroatoms. The summed E-state index contributed by atoms with van der Waals surface area (Å²) in [6.45, 7) is 3.73. The molecule has 0 aliphatic carbocycles. The van der Waals surface area contributed by atoms with E-state index in [-0.39, 0.29) is 5.91 Å². The second-order valence-electron chi connectivity index (χ2n) is 6.40. The number of nitrogens with one attached hydrogen (secondary N) is 1. The molecular formula is C20H21FN4O. The molecule has 3 rings (SSSR count). The van der Waals surface area contributed by atoms with Gasteiger partial charge < -0.3 is 10.2 Å². The zero-order valence-electron chi connectivity index (χ0n) is 15.2. The van der Waals surface area contributed by atoms with E-state index in [4.69, 9.17) is 0 Å². The lowest BCUT2D eigenvalue weighted by Crippen LogP contribution is -2.13. The molecule has 0 saturated heterocycles. The van der Waals surface area contributed by atoms with Crippen molar-refractivity contribution >= 4 is 17.3 Å². The molecule has 1 N–H and O–H groups in total. The molecular weight excluding hydrogens is 331 g/mol. The van der Waals surface area contributed by atoms with Crippen LogP contribution in [0.2, 0.25) is 0 Å². The fourth-order valence-electron chi connectivity index (χ4n) is 2.74. The van der Waals surface area contributed by atoms with Gasteiger partial charge in [-0.1, -0.05) is 0 Å². The standard InChI is InChI=1S/C20H21FN4O/c1-13-11-14(2)25(23-13)19-10-7-16(12-18(19)21)22-20(26)15-5-8-17(9-6-15)24(3)4/h5-12H,1-4H3,(H,22,26). The van der Waals surface area contributed by atoms with E-state index in [9.17, 15) is 9.18 Å². The van der Waals surface area contributed by atoms with Gasteiger partial charge in [0.2, 0.25) is 0 Å². The predicted molar refractivity (Wildman–Crippen MR) is 102 cm³/mol. The molecule has 0 saturated carbocycles. The number of aromatic nitrogens is 2. The molecule has 3 aromatic rings. The number of amides is 1. The number of hydrogen-bond acceptors (Lipinski definition) is 3. The summed E-state index contributed by atoms with van der Waals surface area (Å²) < 4.78 is 16.1. The fraction of sp³-hybridized carbons (Fsp3) is 0.200. The number of aryl methyl sites for hydroxylation is 2. The zero-order chi connectivity index (χ0) is 18.8. The maximum absolute atomic E-state index is 14.5. The number of carbonyl (C=O) groups excluding carboxylic acids is 1. The number of nitrogens with zero attached hydrogens (tertiary/aromatic N) is 3. The minimum Gasteiger partial charge on any atom is -0.378 e. The van der Waals surface area contributed by atoms with Crippen LogP contribution in [0.3, 0.4) is 0 Å². The molecule has 0 spiro atoms. The summed E-state index contributed by atoms with van der Waals surface area (Å²) in [5.41, 5.74) is 3.93. The van der Waals surface area contributed by atoms with E-state index in [0.717, 1.165) is 17.1 Å². The Morgan fingerprint density at radius 1 is 1.08 bits per heavy atom. The van der Waals surface area contributed by atoms with Crippen molar-refractivity contribution in [1.29, 1.82) is 0 Å². The van der Waals surface area contributed by atoms with E-state index in [1.54, 1.807) is 28.9 Å². The van der Waals surface area contributed by atoms with E-state index in [1.165, 1.54) is 6.07 Å². The van der Waals surface area contributed by atoms with Crippen molar-refractivity contribution in [3.8, 4) is 5.69 Å². The third kappa shape index (κ3) is 3.59. The van der Waals surface area contributed by atoms with Crippen molar-refractivity contribution in [3.05, 3.63) is 71.3 Å². The first kappa shape index (κ1) is 17.7. The van der Waals surface area contributed by atoms with Crippen molar-refractivity contribution in [2.45, 2.75) is 13.8 Å². The first-order valence-corrected chi connectivity index (χ1v) is 8.27. The highest BCUT2D eigenvalue weighted by molar-refractivity contribution is 6.04. The lowest BCUT2D eigenvalue weighted by Gasteiger charge is -2.13. The van der Waals surface area contributed by atoms with Crippen molar-refractivity contribution in [3.63, 3.8) is 0 Å². The Bertz CT molecular complexity index is 945. The molecule has 134 valence electrons. The van der Waals surface area contributed by atoms with Crippen LogP contribution in [0.5, 0.6) is 0 Å². The minimum absolute atomic E-state index is 0.284. The molecule has 5 nitrogen and oxygen atoms in total. The molecule has 0 radical (unpaired) electrons. The lowest BCUT2D eigenvalue weighted by molar-refractivity contribution is 0.102. The molecule has 0 unspecified atom stereocenters. The third-order valence-electron chi connectivity index (χ3n) is 4.09. The summed E-state index contributed by atoms with van der Waals surface area (Å²) in [4.78, 5) is 14.3. The number of hydrogen-bond donors (Lipinski definition) is 1. The van der Waals surface area contributed by atoms with Gasteiger partial charge >= 0.3 is 0 Å². The van der Waals surface area contributed by atoms with Crippen molar-refractivity contribution in [2.24, 2.45) is 0 Å². The SMILES string of the molecule is Cc1cc(C)n(-c2ccc(NC(=O)c3ccc(N(C)C)cc3)cc2F)n1. The first-order valence-electron chi connectivity index (χ1n) is 8.27. The van der Waals surface area contributed by atoms with Gasteiger partial charge in [0, 0.05) is 36.7 Å². The summed E-state index contributed by atoms with van der Waals surface area (Å²) >= 11 is 0. The van der Waals surface area contributed by atoms with E-state index >= 15 is 0 Å². The molecule has 0 aliphatic heterocycles. The third-order valence-corrected chi connectivity index (χ3v) is 4.09. The first-order chi connectivity index (χ1) is 12.3. The van der Waals surface area contributed by atoms with Crippen LogP contribution < -0.4 is 10.2 Å². The number of halogens is 1. The average molecular weight is 352 g/mol. The van der Waals surface area contributed by atoms with Crippen molar-refractivity contribution in [1.82, 2.24) is 9.78 Å². The zero-order valence-corrected chi connectivity index (χ0v) is 15.2. The average Bonchev–Trinajstić information content (AvgIpc) is 2.93. The maximum atomic E-state index is 14.5. The van der Waals surface area contributed by atoms with Gasteiger partial charge in [-0.2, -0.15) is 5.10 Å². The van der Waals surface area contributed by atoms with Crippen LogP contribution in [0.4, 0.5) is 15.8 Å². The molecule has 0 fully saturated rings. The van der Waals surface area contributed by atoms with Crippen LogP contribution in [0, 0.1) is 19.7 Å². The molecule has 0 atom stereocenters. The van der Waals surface area contributed by atoms with Crippen LogP contribution in [0.1, 0.15) is 21.7 Å². The minimum atomic E-state index is -0.447. The quantitative estimate of drug-likeness (QED) is 0.774. The van der Waals surface area contributed by atoms with Gasteiger partial charge in [-0.3, -0.25) is 4.79 Å². The number of carbonyl (C=O) groups is 1. The normalized spacial score (nSPS) is 10.7. The van der Waals surface area contributed by atoms with Crippen LogP contribution in [0.15, 0.2) is 48.5 Å². The Morgan fingerprint density at radius 2 is 1.77 bits per heavy atom. The molecule has 0 bridgehead atoms. The topological polar surface area (TPSA) is 50.2 Å². The van der Waals surface area contributed by atoms with Gasteiger partial charge in [-0.15, -0.1) is 0 Å². The van der Waals surface area contributed by atoms with Crippen molar-refractivity contribution < 1.29 is 9.18 Å². The Hall–Kier alpha value is -3.15. The van der Waals surface area contributed by atoms with Gasteiger partial charge in [0.1, 0.15) is 5.69 Å². The van der Waals surface area contributed by atoms with Gasteiger partial charge in [-0.25, -0.2) is 9.07 Å². The summed E-state index contributed by atoms with van der Waals surface area (Å²) in [7, 11) is 3.87. The largest absolute Gasteiger partial charge is 0.378 e. The molecule has 1 heterocycles. The smallest absolute Gasteiger partial charge is 0.255 e. The highest BCUT2D eigenvalue weighted by atomic mass is 19.1. The molecule has 2 aromatic carbocycles. The monoisotopic (exact) mass is 352 g/mol. The lowest BCUT2D eigenvalue weighted by atomic mass is 10.1. The van der Waals surface area contributed by atoms with Crippen LogP contribution in [-0.4, -0.2) is 29.8 Å². The number of benzene rings is 2. The second-order valence-corrected chi connectivity index (χ2v) is 6.40. The number of rotatable bonds is 4. The summed E-state index contributed by atoms with van der Waals surface area (Å²) in [5.74, 6) is -0.731. The van der Waals surface area contributed by atoms with E-state index < -0.39 is 5.82 Å². The van der Waals surface area contributed by atoms with Crippen LogP contribution in [-0.2, 0) is 0 Å². The highest BCUT2D eigenvalue weighted by Gasteiger charge is 2.12. The van der Waals surface area contributed by atoms with E-state index in [1.807, 2.05) is 51.0 Å². The van der Waals surface area contributed by atoms with Crippen molar-refractivity contribution in [2.75, 3.05) is 24.3 Å². The van der Waals surface area contributed by atoms with E-state index in [0.29, 0.717) is 16.9 Å². The molecule has 26 heavy (non-hydrogen) atoms. The summed E-state index contributed by atoms with van der Waals surface area (Å²) in [6.07, 6.45) is 0. The van der Waals surface area contributed by atoms with Crippen LogP contribution >= 0.6 is 0 Å². The van der Waals surface area contributed by atoms with Gasteiger partial charge in [0.15, 0.2) is 5.82 Å². The Kier molecular flexibility index (Phi) is 4.75. The van der Waals surface area contributed by atoms with Crippen LogP contribution in [0.25, 0.3) is 5.69 Å². The molecule has 0 aliphatic rings. The maximum Gasteiger partial charge on any atom is 0.255 e. The Morgan fingerprint density at radius 3 is 2.31 bits per heavy atom. The van der Waals surface area contributed by atoms with Gasteiger partial charge in [0.05, 0.1) is 5.69 Å². The Labute approximate surface area is 152 Å². The second kappa shape index (κ2) is 7.00. The van der Waals surface area contributed by atoms with Gasteiger partial charge in [0.25, 0.3) is 5.91 Å². The predicted octanol–water partition coefficient (Wildman–Crippen LogP) is 3.95. The molecule has 1 aromatic heterocycles. The Balaban J connectivity index is 1.79. The highest BCUT2D eigenvalue weighted by Crippen LogP contribution is 2.21. The van der Waals surface area contributed by atoms with E-state index in [2.05, 4.69) is 10.4 Å². The van der Waals surface area contributed by atoms with Gasteiger partial charge in [-0.05, 0) is 62.4 Å². The molecule has 1 amide bonds. The number of anilines is 2. The summed E-state index contributed by atoms with van der Waals surface area (Å²) in [5, 5.41) is 7.01.